The van der Waals surface area contributed by atoms with Gasteiger partial charge in [0.15, 0.2) is 0 Å². The molecule has 24 heavy (non-hydrogen) atoms. The zero-order valence-corrected chi connectivity index (χ0v) is 14.0. The lowest BCUT2D eigenvalue weighted by molar-refractivity contribution is -0.131. The van der Waals surface area contributed by atoms with Crippen molar-refractivity contribution in [2.24, 2.45) is 0 Å². The molecule has 2 rings (SSSR count). The average molecular weight is 334 g/mol. The molecular weight excluding hydrogens is 311 g/mol. The average Bonchev–Trinajstić information content (AvgIpc) is 2.98. The Hall–Kier alpha value is -2.18. The number of furan rings is 1. The number of rotatable bonds is 9. The van der Waals surface area contributed by atoms with Crippen molar-refractivity contribution in [3.05, 3.63) is 59.3 Å². The molecule has 0 aliphatic heterocycles. The molecule has 1 aromatic carbocycles. The predicted molar refractivity (Wildman–Crippen MR) is 88.8 cm³/mol. The van der Waals surface area contributed by atoms with E-state index in [0.717, 1.165) is 17.1 Å². The molecule has 1 N–H and O–H groups in total. The first-order valence-electron chi connectivity index (χ1n) is 7.85. The summed E-state index contributed by atoms with van der Waals surface area (Å²) in [6, 6.07) is 9.88. The lowest BCUT2D eigenvalue weighted by Gasteiger charge is -2.22. The van der Waals surface area contributed by atoms with Crippen molar-refractivity contribution in [1.29, 1.82) is 0 Å². The molecule has 1 heterocycles. The molecule has 1 aromatic heterocycles. The quantitative estimate of drug-likeness (QED) is 0.716. The fourth-order valence-electron chi connectivity index (χ4n) is 2.28. The van der Waals surface area contributed by atoms with Crippen molar-refractivity contribution in [1.82, 2.24) is 10.2 Å². The summed E-state index contributed by atoms with van der Waals surface area (Å²) < 4.78 is 23.6. The summed E-state index contributed by atoms with van der Waals surface area (Å²) in [5.41, 5.74) is 0.866. The lowest BCUT2D eigenvalue weighted by atomic mass is 10.2. The third-order valence-electron chi connectivity index (χ3n) is 3.54. The summed E-state index contributed by atoms with van der Waals surface area (Å²) in [4.78, 5) is 14.2. The zero-order valence-electron chi connectivity index (χ0n) is 14.0. The number of halogens is 1. The Morgan fingerprint density at radius 2 is 1.96 bits per heavy atom. The zero-order chi connectivity index (χ0) is 17.4. The van der Waals surface area contributed by atoms with Crippen LogP contribution in [0.3, 0.4) is 0 Å². The Kier molecular flexibility index (Phi) is 6.96. The number of ether oxygens (including phenoxy) is 1. The first-order valence-corrected chi connectivity index (χ1v) is 7.85. The van der Waals surface area contributed by atoms with Gasteiger partial charge in [0.25, 0.3) is 0 Å². The maximum Gasteiger partial charge on any atom is 0.237 e. The minimum Gasteiger partial charge on any atom is -0.464 e. The molecule has 0 aliphatic rings. The summed E-state index contributed by atoms with van der Waals surface area (Å²) in [6.07, 6.45) is 0. The number of amides is 1. The van der Waals surface area contributed by atoms with Crippen LogP contribution in [0.5, 0.6) is 0 Å². The number of aryl methyl sites for hydroxylation is 1. The smallest absolute Gasteiger partial charge is 0.237 e. The van der Waals surface area contributed by atoms with E-state index in [1.807, 2.05) is 19.1 Å². The van der Waals surface area contributed by atoms with E-state index in [9.17, 15) is 9.18 Å². The fraction of sp³-hybridized carbons (Fsp3) is 0.389. The second-order valence-electron chi connectivity index (χ2n) is 5.56. The number of hydrogen-bond donors (Lipinski definition) is 1. The van der Waals surface area contributed by atoms with Crippen LogP contribution < -0.4 is 5.32 Å². The van der Waals surface area contributed by atoms with Gasteiger partial charge in [-0.25, -0.2) is 4.39 Å². The standard InChI is InChI=1S/C18H23FN2O3/c1-14-3-8-17(24-14)13-21(18(22)11-20-9-10-23-2)12-15-4-6-16(19)7-5-15/h3-8,20H,9-13H2,1-2H3. The van der Waals surface area contributed by atoms with E-state index < -0.39 is 0 Å². The van der Waals surface area contributed by atoms with Crippen LogP contribution >= 0.6 is 0 Å². The predicted octanol–water partition coefficient (Wildman–Crippen LogP) is 2.49. The van der Waals surface area contributed by atoms with Crippen molar-refractivity contribution in [2.75, 3.05) is 26.8 Å². The van der Waals surface area contributed by atoms with Gasteiger partial charge in [-0.15, -0.1) is 0 Å². The van der Waals surface area contributed by atoms with Crippen molar-refractivity contribution < 1.29 is 18.3 Å². The third-order valence-corrected chi connectivity index (χ3v) is 3.54. The minimum atomic E-state index is -0.292. The molecule has 6 heteroatoms. The Labute approximate surface area is 141 Å². The topological polar surface area (TPSA) is 54.7 Å². The summed E-state index contributed by atoms with van der Waals surface area (Å²) in [5.74, 6) is 1.18. The van der Waals surface area contributed by atoms with Crippen LogP contribution in [-0.2, 0) is 22.6 Å². The minimum absolute atomic E-state index is 0.0514. The fourth-order valence-corrected chi connectivity index (χ4v) is 2.28. The molecule has 1 amide bonds. The molecule has 0 unspecified atom stereocenters. The van der Waals surface area contributed by atoms with Crippen LogP contribution in [0.2, 0.25) is 0 Å². The number of nitrogens with zero attached hydrogens (tertiary/aromatic N) is 1. The lowest BCUT2D eigenvalue weighted by Crippen LogP contribution is -2.38. The number of carbonyl (C=O) groups excluding carboxylic acids is 1. The molecule has 2 aromatic rings. The molecule has 0 radical (unpaired) electrons. The van der Waals surface area contributed by atoms with Gasteiger partial charge in [0, 0.05) is 20.2 Å². The first kappa shape index (κ1) is 18.2. The van der Waals surface area contributed by atoms with Gasteiger partial charge >= 0.3 is 0 Å². The first-order chi connectivity index (χ1) is 11.6. The number of benzene rings is 1. The van der Waals surface area contributed by atoms with Gasteiger partial charge < -0.3 is 19.4 Å². The third kappa shape index (κ3) is 5.79. The highest BCUT2D eigenvalue weighted by Gasteiger charge is 2.16. The molecule has 0 atom stereocenters. The van der Waals surface area contributed by atoms with Gasteiger partial charge in [-0.1, -0.05) is 12.1 Å². The van der Waals surface area contributed by atoms with E-state index in [4.69, 9.17) is 9.15 Å². The molecule has 0 spiro atoms. The van der Waals surface area contributed by atoms with Crippen LogP contribution in [0.1, 0.15) is 17.1 Å². The van der Waals surface area contributed by atoms with Crippen LogP contribution in [-0.4, -0.2) is 37.6 Å². The second kappa shape index (κ2) is 9.20. The second-order valence-corrected chi connectivity index (χ2v) is 5.56. The highest BCUT2D eigenvalue weighted by Crippen LogP contribution is 2.13. The van der Waals surface area contributed by atoms with E-state index in [-0.39, 0.29) is 18.3 Å². The van der Waals surface area contributed by atoms with Gasteiger partial charge in [-0.05, 0) is 36.8 Å². The van der Waals surface area contributed by atoms with E-state index in [2.05, 4.69) is 5.32 Å². The van der Waals surface area contributed by atoms with E-state index in [1.165, 1.54) is 12.1 Å². The Bertz CT molecular complexity index is 640. The van der Waals surface area contributed by atoms with Crippen LogP contribution in [0.15, 0.2) is 40.8 Å². The maximum absolute atomic E-state index is 13.1. The van der Waals surface area contributed by atoms with Gasteiger partial charge in [-0.3, -0.25) is 4.79 Å². The van der Waals surface area contributed by atoms with Crippen molar-refractivity contribution in [3.8, 4) is 0 Å². The number of carbonyl (C=O) groups is 1. The van der Waals surface area contributed by atoms with Crippen molar-refractivity contribution in [3.63, 3.8) is 0 Å². The number of hydrogen-bond acceptors (Lipinski definition) is 4. The monoisotopic (exact) mass is 334 g/mol. The molecule has 0 aliphatic carbocycles. The largest absolute Gasteiger partial charge is 0.464 e. The number of nitrogens with one attached hydrogen (secondary N) is 1. The SMILES string of the molecule is COCCNCC(=O)N(Cc1ccc(F)cc1)Cc1ccc(C)o1. The summed E-state index contributed by atoms with van der Waals surface area (Å²) in [5, 5.41) is 3.05. The van der Waals surface area contributed by atoms with Gasteiger partial charge in [0.05, 0.1) is 19.7 Å². The van der Waals surface area contributed by atoms with Gasteiger partial charge in [0.1, 0.15) is 17.3 Å². The van der Waals surface area contributed by atoms with Crippen molar-refractivity contribution in [2.45, 2.75) is 20.0 Å². The highest BCUT2D eigenvalue weighted by molar-refractivity contribution is 5.78. The van der Waals surface area contributed by atoms with E-state index in [1.54, 1.807) is 24.1 Å². The normalized spacial score (nSPS) is 10.8. The molecule has 0 saturated carbocycles. The summed E-state index contributed by atoms with van der Waals surface area (Å²) >= 11 is 0. The van der Waals surface area contributed by atoms with Crippen molar-refractivity contribution >= 4 is 5.91 Å². The summed E-state index contributed by atoms with van der Waals surface area (Å²) in [6.45, 7) is 3.99. The van der Waals surface area contributed by atoms with E-state index in [0.29, 0.717) is 26.2 Å². The molecular formula is C18H23FN2O3. The maximum atomic E-state index is 13.1. The molecule has 0 saturated heterocycles. The molecule has 5 nitrogen and oxygen atoms in total. The summed E-state index contributed by atoms with van der Waals surface area (Å²) in [7, 11) is 1.61. The van der Waals surface area contributed by atoms with Gasteiger partial charge in [0.2, 0.25) is 5.91 Å². The Morgan fingerprint density at radius 1 is 1.21 bits per heavy atom. The molecule has 0 bridgehead atoms. The molecule has 130 valence electrons. The Morgan fingerprint density at radius 3 is 2.58 bits per heavy atom. The molecule has 0 fully saturated rings. The van der Waals surface area contributed by atoms with Crippen LogP contribution in [0.4, 0.5) is 4.39 Å². The Balaban J connectivity index is 2.02. The van der Waals surface area contributed by atoms with Crippen LogP contribution in [0, 0.1) is 12.7 Å². The van der Waals surface area contributed by atoms with Gasteiger partial charge in [-0.2, -0.15) is 0 Å². The van der Waals surface area contributed by atoms with E-state index >= 15 is 0 Å². The number of methoxy groups -OCH3 is 1. The highest BCUT2D eigenvalue weighted by atomic mass is 19.1. The van der Waals surface area contributed by atoms with Crippen LogP contribution in [0.25, 0.3) is 0 Å².